The number of rotatable bonds is 2. The highest BCUT2D eigenvalue weighted by Crippen LogP contribution is 2.44. The largest absolute Gasteiger partial charge is 0.446 e. The topological polar surface area (TPSA) is 38.3 Å². The van der Waals surface area contributed by atoms with Gasteiger partial charge in [-0.05, 0) is 25.2 Å². The van der Waals surface area contributed by atoms with Crippen LogP contribution in [0.5, 0.6) is 0 Å². The van der Waals surface area contributed by atoms with Crippen LogP contribution < -0.4 is 5.32 Å². The van der Waals surface area contributed by atoms with Crippen LogP contribution in [-0.4, -0.2) is 50.9 Å². The highest BCUT2D eigenvalue weighted by atomic mass is 16.6. The van der Waals surface area contributed by atoms with Gasteiger partial charge in [0.25, 0.3) is 0 Å². The molecule has 0 spiro atoms. The molecule has 110 valence electrons. The molecule has 0 aromatic rings. The number of fused-ring (bicyclic) bond motifs is 1. The third-order valence-corrected chi connectivity index (χ3v) is 5.00. The van der Waals surface area contributed by atoms with E-state index >= 15 is 0 Å². The predicted molar refractivity (Wildman–Crippen MR) is 75.8 cm³/mol. The Kier molecular flexibility index (Phi) is 4.39. The Morgan fingerprint density at radius 2 is 1.84 bits per heavy atom. The Hall–Kier alpha value is -0.770. The van der Waals surface area contributed by atoms with E-state index in [1.807, 2.05) is 0 Å². The normalized spacial score (nSPS) is 35.4. The summed E-state index contributed by atoms with van der Waals surface area (Å²) in [5, 5.41) is 2.57. The molecule has 1 N–H and O–H groups in total. The molecular formula is C15H29N2O2+. The van der Waals surface area contributed by atoms with E-state index in [-0.39, 0.29) is 12.2 Å². The molecule has 19 heavy (non-hydrogen) atoms. The molecule has 0 unspecified atom stereocenters. The van der Waals surface area contributed by atoms with Crippen molar-refractivity contribution >= 4 is 6.09 Å². The van der Waals surface area contributed by atoms with E-state index in [2.05, 4.69) is 26.5 Å². The van der Waals surface area contributed by atoms with E-state index in [0.717, 1.165) is 29.2 Å². The summed E-state index contributed by atoms with van der Waals surface area (Å²) in [4.78, 5) is 11.5. The summed E-state index contributed by atoms with van der Waals surface area (Å²) in [5.41, 5.74) is 0. The molecule has 0 heterocycles. The van der Waals surface area contributed by atoms with Gasteiger partial charge in [0.1, 0.15) is 6.10 Å². The van der Waals surface area contributed by atoms with Gasteiger partial charge in [0.2, 0.25) is 0 Å². The van der Waals surface area contributed by atoms with Crippen molar-refractivity contribution in [2.75, 3.05) is 28.2 Å². The number of ether oxygens (including phenoxy) is 1. The van der Waals surface area contributed by atoms with Crippen molar-refractivity contribution in [3.63, 3.8) is 0 Å². The molecule has 2 aliphatic rings. The minimum Gasteiger partial charge on any atom is -0.446 e. The summed E-state index contributed by atoms with van der Waals surface area (Å²) in [5.74, 6) is 1.57. The SMILES string of the molecule is CNC(=O)O[C@H]1C[C@@H]2CCCC[C@@H]2[C@H]([N+](C)(C)C)C1. The minimum atomic E-state index is -0.278. The third-order valence-electron chi connectivity index (χ3n) is 5.00. The van der Waals surface area contributed by atoms with Crippen molar-refractivity contribution in [2.24, 2.45) is 11.8 Å². The molecule has 4 atom stereocenters. The highest BCUT2D eigenvalue weighted by Gasteiger charge is 2.45. The summed E-state index contributed by atoms with van der Waals surface area (Å²) in [6.45, 7) is 0. The quantitative estimate of drug-likeness (QED) is 0.782. The molecular weight excluding hydrogens is 240 g/mol. The molecule has 0 aromatic carbocycles. The van der Waals surface area contributed by atoms with E-state index in [1.165, 1.54) is 25.7 Å². The fourth-order valence-corrected chi connectivity index (χ4v) is 4.11. The first kappa shape index (κ1) is 14.6. The molecule has 4 heteroatoms. The number of hydrogen-bond acceptors (Lipinski definition) is 2. The van der Waals surface area contributed by atoms with Crippen LogP contribution in [0.25, 0.3) is 0 Å². The smallest absolute Gasteiger partial charge is 0.407 e. The maximum atomic E-state index is 11.5. The summed E-state index contributed by atoms with van der Waals surface area (Å²) < 4.78 is 6.54. The summed E-state index contributed by atoms with van der Waals surface area (Å²) in [7, 11) is 8.46. The van der Waals surface area contributed by atoms with Crippen LogP contribution in [0.2, 0.25) is 0 Å². The summed E-state index contributed by atoms with van der Waals surface area (Å²) >= 11 is 0. The number of nitrogens with one attached hydrogen (secondary N) is 1. The lowest BCUT2D eigenvalue weighted by Gasteiger charge is -2.49. The Labute approximate surface area is 117 Å². The zero-order valence-corrected chi connectivity index (χ0v) is 12.8. The summed E-state index contributed by atoms with van der Waals surface area (Å²) in [6.07, 6.45) is 7.29. The van der Waals surface area contributed by atoms with Crippen LogP contribution in [0.4, 0.5) is 4.79 Å². The molecule has 0 aromatic heterocycles. The number of alkyl carbamates (subject to hydrolysis) is 1. The average molecular weight is 269 g/mol. The minimum absolute atomic E-state index is 0.0987. The first-order valence-electron chi connectivity index (χ1n) is 7.61. The maximum absolute atomic E-state index is 11.5. The van der Waals surface area contributed by atoms with Crippen LogP contribution in [0, 0.1) is 11.8 Å². The highest BCUT2D eigenvalue weighted by molar-refractivity contribution is 5.66. The third kappa shape index (κ3) is 3.41. The Morgan fingerprint density at radius 1 is 1.16 bits per heavy atom. The van der Waals surface area contributed by atoms with Gasteiger partial charge in [-0.3, -0.25) is 0 Å². The van der Waals surface area contributed by atoms with Crippen molar-refractivity contribution in [3.8, 4) is 0 Å². The Morgan fingerprint density at radius 3 is 2.47 bits per heavy atom. The fraction of sp³-hybridized carbons (Fsp3) is 0.933. The van der Waals surface area contributed by atoms with Gasteiger partial charge in [0.15, 0.2) is 0 Å². The lowest BCUT2D eigenvalue weighted by molar-refractivity contribution is -0.902. The monoisotopic (exact) mass is 269 g/mol. The van der Waals surface area contributed by atoms with Crippen molar-refractivity contribution in [2.45, 2.75) is 50.7 Å². The van der Waals surface area contributed by atoms with E-state index in [9.17, 15) is 4.79 Å². The fourth-order valence-electron chi connectivity index (χ4n) is 4.11. The van der Waals surface area contributed by atoms with Crippen molar-refractivity contribution < 1.29 is 14.0 Å². The standard InChI is InChI=1S/C15H28N2O2/c1-16-15(18)19-12-9-11-7-5-6-8-13(11)14(10-12)17(2,3)4/h11-14H,5-10H2,1-4H3/p+1/t11-,12-,13-,14+/m0/s1. The molecule has 0 saturated heterocycles. The molecule has 2 rings (SSSR count). The zero-order valence-electron chi connectivity index (χ0n) is 12.8. The van der Waals surface area contributed by atoms with Gasteiger partial charge in [-0.1, -0.05) is 12.8 Å². The van der Waals surface area contributed by atoms with Gasteiger partial charge in [-0.2, -0.15) is 0 Å². The number of carbonyl (C=O) groups is 1. The maximum Gasteiger partial charge on any atom is 0.407 e. The van der Waals surface area contributed by atoms with Crippen LogP contribution >= 0.6 is 0 Å². The van der Waals surface area contributed by atoms with Crippen LogP contribution in [0.15, 0.2) is 0 Å². The Bertz CT molecular complexity index is 325. The molecule has 2 fully saturated rings. The molecule has 4 nitrogen and oxygen atoms in total. The van der Waals surface area contributed by atoms with Crippen LogP contribution in [0.3, 0.4) is 0 Å². The van der Waals surface area contributed by atoms with Gasteiger partial charge < -0.3 is 14.5 Å². The van der Waals surface area contributed by atoms with Gasteiger partial charge in [0.05, 0.1) is 27.2 Å². The number of nitrogens with zero attached hydrogens (tertiary/aromatic N) is 1. The van der Waals surface area contributed by atoms with Gasteiger partial charge in [-0.25, -0.2) is 4.79 Å². The number of carbonyl (C=O) groups excluding carboxylic acids is 1. The number of hydrogen-bond donors (Lipinski definition) is 1. The lowest BCUT2D eigenvalue weighted by atomic mass is 9.66. The first-order valence-corrected chi connectivity index (χ1v) is 7.61. The molecule has 0 radical (unpaired) electrons. The number of quaternary nitrogens is 1. The molecule has 2 aliphatic carbocycles. The summed E-state index contributed by atoms with van der Waals surface area (Å²) in [6, 6.07) is 0.619. The predicted octanol–water partition coefficient (Wildman–Crippen LogP) is 2.39. The van der Waals surface area contributed by atoms with Crippen molar-refractivity contribution in [1.29, 1.82) is 0 Å². The van der Waals surface area contributed by atoms with Gasteiger partial charge in [-0.15, -0.1) is 0 Å². The van der Waals surface area contributed by atoms with Gasteiger partial charge in [0, 0.05) is 19.4 Å². The first-order chi connectivity index (χ1) is 8.91. The van der Waals surface area contributed by atoms with Crippen LogP contribution in [-0.2, 0) is 4.74 Å². The molecule has 0 bridgehead atoms. The second kappa shape index (κ2) is 5.70. The van der Waals surface area contributed by atoms with Crippen molar-refractivity contribution in [3.05, 3.63) is 0 Å². The van der Waals surface area contributed by atoms with E-state index in [0.29, 0.717) is 6.04 Å². The molecule has 2 saturated carbocycles. The van der Waals surface area contributed by atoms with E-state index in [4.69, 9.17) is 4.74 Å². The average Bonchev–Trinajstić information content (AvgIpc) is 2.36. The van der Waals surface area contributed by atoms with E-state index < -0.39 is 0 Å². The molecule has 1 amide bonds. The van der Waals surface area contributed by atoms with Gasteiger partial charge >= 0.3 is 6.09 Å². The van der Waals surface area contributed by atoms with Crippen LogP contribution in [0.1, 0.15) is 38.5 Å². The zero-order chi connectivity index (χ0) is 14.0. The second-order valence-electron chi connectivity index (χ2n) is 7.14. The van der Waals surface area contributed by atoms with E-state index in [1.54, 1.807) is 7.05 Å². The Balaban J connectivity index is 2.09. The second-order valence-corrected chi connectivity index (χ2v) is 7.14. The lowest BCUT2D eigenvalue weighted by Crippen LogP contribution is -2.56. The van der Waals surface area contributed by atoms with Crippen molar-refractivity contribution in [1.82, 2.24) is 5.32 Å². The molecule has 0 aliphatic heterocycles. The number of amides is 1.